The van der Waals surface area contributed by atoms with E-state index in [0.29, 0.717) is 13.2 Å². The number of methoxy groups -OCH3 is 1. The molecule has 0 aliphatic carbocycles. The van der Waals surface area contributed by atoms with E-state index in [9.17, 15) is 24.3 Å². The Morgan fingerprint density at radius 2 is 1.14 bits per heavy atom. The van der Waals surface area contributed by atoms with Crippen LogP contribution in [0.3, 0.4) is 0 Å². The first-order chi connectivity index (χ1) is 34.3. The molecule has 0 aromatic heterocycles. The lowest BCUT2D eigenvalue weighted by atomic mass is 10.1. The van der Waals surface area contributed by atoms with Crippen LogP contribution in [0.4, 0.5) is 9.59 Å². The highest BCUT2D eigenvalue weighted by Crippen LogP contribution is 2.21. The van der Waals surface area contributed by atoms with Gasteiger partial charge in [0, 0.05) is 0 Å². The molecule has 4 aromatic rings. The number of carbonyl (C=O) groups excluding carboxylic acids is 4. The number of aliphatic hydroxyl groups is 1. The fourth-order valence-electron chi connectivity index (χ4n) is 6.98. The Kier molecular flexibility index (Phi) is 24.6. The molecule has 1 aliphatic heterocycles. The molecule has 72 heavy (non-hydrogen) atoms. The van der Waals surface area contributed by atoms with Gasteiger partial charge >= 0.3 is 24.1 Å². The van der Waals surface area contributed by atoms with E-state index in [1.54, 1.807) is 55.4 Å². The molecule has 17 heteroatoms. The van der Waals surface area contributed by atoms with Crippen LogP contribution in [0.15, 0.2) is 121 Å². The molecule has 5 rings (SSSR count). The maximum absolute atomic E-state index is 12.9. The van der Waals surface area contributed by atoms with E-state index in [1.807, 2.05) is 121 Å². The third-order valence-corrected chi connectivity index (χ3v) is 10.4. The summed E-state index contributed by atoms with van der Waals surface area (Å²) in [5.41, 5.74) is 2.44. The molecule has 1 fully saturated rings. The summed E-state index contributed by atoms with van der Waals surface area (Å²) in [4.78, 5) is 49.5. The lowest BCUT2D eigenvalue weighted by molar-refractivity contribution is -0.171. The van der Waals surface area contributed by atoms with E-state index in [-0.39, 0.29) is 39.6 Å². The molecule has 0 unspecified atom stereocenters. The van der Waals surface area contributed by atoms with Crippen LogP contribution in [-0.4, -0.2) is 123 Å². The number of amides is 2. The van der Waals surface area contributed by atoms with Crippen LogP contribution in [0.2, 0.25) is 0 Å². The number of benzene rings is 4. The predicted octanol–water partition coefficient (Wildman–Crippen LogP) is 7.63. The first-order valence-electron chi connectivity index (χ1n) is 24.0. The number of nitrogens with one attached hydrogen (secondary N) is 2. The van der Waals surface area contributed by atoms with E-state index in [0.717, 1.165) is 22.3 Å². The molecular formula is C55H74N2O15. The van der Waals surface area contributed by atoms with Gasteiger partial charge in [-0.2, -0.15) is 0 Å². The standard InChI is InChI=1S/C28H39NO8.C27H35NO7/c1-20(30)25(36-17-22-14-10-7-11-15-22)24(35-16-21-12-8-6-9-13-21)19-34-18-23(26(31)33-5)29-27(32)37-28(2,3)4;1-19-24(33-16-21-13-9-6-10-14-21)23(32-15-20-11-7-5-8-12-20)18-31-17-22(25(29)34-19)28-26(30)35-27(2,3)4/h6-15,20,23-25,30H,16-19H2,1-5H3,(H,29,32);5-14,19,22-24H,15-18H2,1-4H3,(H,28,30)/t20-,23-,24-,25-;19-,22-,23-,24-/m00/s1. The molecule has 3 N–H and O–H groups in total. The number of carbonyl (C=O) groups is 4. The van der Waals surface area contributed by atoms with Gasteiger partial charge in [0.05, 0.1) is 66.1 Å². The molecule has 1 saturated heterocycles. The SMILES string of the molecule is COC(=O)[C@H](COC[C@H](OCc1ccccc1)[C@@H](OCc1ccccc1)[C@H](C)O)NC(=O)OC(C)(C)C.C[C@@H]1OC(=O)[C@@H](NC(=O)OC(C)(C)C)COC[C@H](OCc2ccccc2)[C@H]1OCc1ccccc1. The molecule has 0 spiro atoms. The topological polar surface area (TPSA) is 205 Å². The van der Waals surface area contributed by atoms with Gasteiger partial charge in [0.2, 0.25) is 0 Å². The van der Waals surface area contributed by atoms with Gasteiger partial charge in [-0.1, -0.05) is 121 Å². The van der Waals surface area contributed by atoms with Crippen LogP contribution in [0.5, 0.6) is 0 Å². The second-order valence-corrected chi connectivity index (χ2v) is 19.1. The number of alkyl carbamates (subject to hydrolysis) is 2. The minimum atomic E-state index is -1.09. The monoisotopic (exact) mass is 1000 g/mol. The summed E-state index contributed by atoms with van der Waals surface area (Å²) >= 11 is 0. The molecule has 394 valence electrons. The first kappa shape index (κ1) is 58.6. The highest BCUT2D eigenvalue weighted by atomic mass is 16.6. The zero-order valence-electron chi connectivity index (χ0n) is 43.0. The van der Waals surface area contributed by atoms with Crippen molar-refractivity contribution < 1.29 is 71.7 Å². The van der Waals surface area contributed by atoms with Crippen molar-refractivity contribution in [3.63, 3.8) is 0 Å². The van der Waals surface area contributed by atoms with Gasteiger partial charge < -0.3 is 63.1 Å². The quantitative estimate of drug-likeness (QED) is 0.0542. The Morgan fingerprint density at radius 3 is 1.62 bits per heavy atom. The summed E-state index contributed by atoms with van der Waals surface area (Å²) in [6, 6.07) is 36.6. The Labute approximate surface area is 424 Å². The summed E-state index contributed by atoms with van der Waals surface area (Å²) in [6.07, 6.45) is -5.52. The molecular weight excluding hydrogens is 929 g/mol. The Balaban J connectivity index is 0.000000313. The average Bonchev–Trinajstić information content (AvgIpc) is 3.38. The van der Waals surface area contributed by atoms with Crippen molar-refractivity contribution in [2.45, 2.75) is 142 Å². The summed E-state index contributed by atoms with van der Waals surface area (Å²) in [6.45, 7) is 14.8. The highest BCUT2D eigenvalue weighted by molar-refractivity contribution is 5.82. The van der Waals surface area contributed by atoms with Crippen molar-refractivity contribution in [1.29, 1.82) is 0 Å². The van der Waals surface area contributed by atoms with Crippen LogP contribution in [0, 0.1) is 0 Å². The Bertz CT molecular complexity index is 2170. The Morgan fingerprint density at radius 1 is 0.667 bits per heavy atom. The zero-order chi connectivity index (χ0) is 52.5. The summed E-state index contributed by atoms with van der Waals surface area (Å²) in [5, 5.41) is 15.5. The fraction of sp³-hybridized carbons (Fsp3) is 0.491. The Hall–Kier alpha value is -5.92. The second-order valence-electron chi connectivity index (χ2n) is 19.1. The molecule has 1 aliphatic rings. The van der Waals surface area contributed by atoms with Crippen LogP contribution in [0.1, 0.15) is 77.6 Å². The summed E-state index contributed by atoms with van der Waals surface area (Å²) < 4.78 is 57.2. The molecule has 2 amide bonds. The normalized spacial score (nSPS) is 18.9. The second kappa shape index (κ2) is 30.2. The van der Waals surface area contributed by atoms with Gasteiger partial charge in [-0.15, -0.1) is 0 Å². The summed E-state index contributed by atoms with van der Waals surface area (Å²) in [7, 11) is 1.22. The number of esters is 2. The van der Waals surface area contributed by atoms with Crippen molar-refractivity contribution in [3.05, 3.63) is 144 Å². The largest absolute Gasteiger partial charge is 0.467 e. The van der Waals surface area contributed by atoms with Gasteiger partial charge in [-0.05, 0) is 77.6 Å². The molecule has 17 nitrogen and oxygen atoms in total. The van der Waals surface area contributed by atoms with E-state index < -0.39 is 84.0 Å². The van der Waals surface area contributed by atoms with Crippen LogP contribution in [0.25, 0.3) is 0 Å². The van der Waals surface area contributed by atoms with E-state index >= 15 is 0 Å². The van der Waals surface area contributed by atoms with E-state index in [4.69, 9.17) is 47.4 Å². The van der Waals surface area contributed by atoms with Crippen LogP contribution < -0.4 is 10.6 Å². The van der Waals surface area contributed by atoms with Crippen molar-refractivity contribution in [2.24, 2.45) is 0 Å². The minimum absolute atomic E-state index is 0.0132. The van der Waals surface area contributed by atoms with Crippen molar-refractivity contribution in [2.75, 3.05) is 33.5 Å². The number of ether oxygens (including phenoxy) is 10. The maximum atomic E-state index is 12.9. The number of hydrogen-bond donors (Lipinski definition) is 3. The van der Waals surface area contributed by atoms with Crippen LogP contribution in [-0.2, 0) is 83.4 Å². The lowest BCUT2D eigenvalue weighted by Gasteiger charge is -2.30. The molecule has 0 bridgehead atoms. The minimum Gasteiger partial charge on any atom is -0.467 e. The average molecular weight is 1000 g/mol. The van der Waals surface area contributed by atoms with Crippen molar-refractivity contribution in [1.82, 2.24) is 10.6 Å². The number of hydrogen-bond acceptors (Lipinski definition) is 15. The maximum Gasteiger partial charge on any atom is 0.408 e. The van der Waals surface area contributed by atoms with Gasteiger partial charge in [0.25, 0.3) is 0 Å². The fourth-order valence-corrected chi connectivity index (χ4v) is 6.98. The van der Waals surface area contributed by atoms with Gasteiger partial charge in [0.15, 0.2) is 12.1 Å². The summed E-state index contributed by atoms with van der Waals surface area (Å²) in [5.74, 6) is -1.31. The third kappa shape index (κ3) is 22.7. The van der Waals surface area contributed by atoms with E-state index in [1.165, 1.54) is 7.11 Å². The van der Waals surface area contributed by atoms with Gasteiger partial charge in [-0.25, -0.2) is 19.2 Å². The molecule has 0 saturated carbocycles. The predicted molar refractivity (Wildman–Crippen MR) is 267 cm³/mol. The smallest absolute Gasteiger partial charge is 0.408 e. The first-order valence-corrected chi connectivity index (χ1v) is 24.0. The van der Waals surface area contributed by atoms with Gasteiger partial charge in [-0.3, -0.25) is 0 Å². The molecule has 1 heterocycles. The molecule has 4 aromatic carbocycles. The van der Waals surface area contributed by atoms with Crippen molar-refractivity contribution >= 4 is 24.1 Å². The molecule has 8 atom stereocenters. The number of cyclic esters (lactones) is 1. The van der Waals surface area contributed by atoms with E-state index in [2.05, 4.69) is 10.6 Å². The molecule has 0 radical (unpaired) electrons. The highest BCUT2D eigenvalue weighted by Gasteiger charge is 2.37. The number of rotatable bonds is 21. The lowest BCUT2D eigenvalue weighted by Crippen LogP contribution is -2.48. The van der Waals surface area contributed by atoms with Crippen LogP contribution >= 0.6 is 0 Å². The number of aliphatic hydroxyl groups excluding tert-OH is 1. The van der Waals surface area contributed by atoms with Crippen molar-refractivity contribution in [3.8, 4) is 0 Å². The van der Waals surface area contributed by atoms with Gasteiger partial charge in [0.1, 0.15) is 41.7 Å². The zero-order valence-corrected chi connectivity index (χ0v) is 43.0. The third-order valence-electron chi connectivity index (χ3n) is 10.4.